The third-order valence-electron chi connectivity index (χ3n) is 5.91. The number of amides is 2. The Bertz CT molecular complexity index is 1310. The SMILES string of the molecule is Cc1cccc(C(=O)N2CCCN(C(=O)c3csc(-c4cnn(-c5ccccc5)c4)n3)CC2)c1. The van der Waals surface area contributed by atoms with Crippen molar-refractivity contribution in [2.45, 2.75) is 13.3 Å². The van der Waals surface area contributed by atoms with Gasteiger partial charge in [0.05, 0.1) is 11.9 Å². The predicted octanol–water partition coefficient (Wildman–Crippen LogP) is 4.29. The van der Waals surface area contributed by atoms with Crippen molar-refractivity contribution in [2.75, 3.05) is 26.2 Å². The summed E-state index contributed by atoms with van der Waals surface area (Å²) in [7, 11) is 0. The number of carbonyl (C=O) groups is 2. The summed E-state index contributed by atoms with van der Waals surface area (Å²) in [5.41, 5.74) is 4.03. The van der Waals surface area contributed by atoms with Crippen molar-refractivity contribution in [1.29, 1.82) is 0 Å². The Labute approximate surface area is 202 Å². The molecule has 0 bridgehead atoms. The molecule has 3 heterocycles. The monoisotopic (exact) mass is 471 g/mol. The molecule has 8 heteroatoms. The Morgan fingerprint density at radius 1 is 0.912 bits per heavy atom. The van der Waals surface area contributed by atoms with Crippen LogP contribution >= 0.6 is 11.3 Å². The second-order valence-corrected chi connectivity index (χ2v) is 9.21. The maximum absolute atomic E-state index is 13.2. The average molecular weight is 472 g/mol. The molecule has 0 atom stereocenters. The van der Waals surface area contributed by atoms with Gasteiger partial charge in [-0.3, -0.25) is 9.59 Å². The van der Waals surface area contributed by atoms with Gasteiger partial charge in [0.15, 0.2) is 0 Å². The van der Waals surface area contributed by atoms with Crippen LogP contribution in [0.5, 0.6) is 0 Å². The Kier molecular flexibility index (Phi) is 6.22. The summed E-state index contributed by atoms with van der Waals surface area (Å²) in [6.45, 7) is 4.23. The molecule has 1 aliphatic rings. The summed E-state index contributed by atoms with van der Waals surface area (Å²) in [5.74, 6) is -0.0767. The van der Waals surface area contributed by atoms with Gasteiger partial charge in [-0.05, 0) is 37.6 Å². The summed E-state index contributed by atoms with van der Waals surface area (Å²) in [6.07, 6.45) is 4.42. The number of para-hydroxylation sites is 1. The molecule has 0 radical (unpaired) electrons. The van der Waals surface area contributed by atoms with Crippen LogP contribution in [-0.2, 0) is 0 Å². The molecule has 34 heavy (non-hydrogen) atoms. The Hall–Kier alpha value is -3.78. The van der Waals surface area contributed by atoms with Crippen LogP contribution in [0.25, 0.3) is 16.3 Å². The molecule has 7 nitrogen and oxygen atoms in total. The van der Waals surface area contributed by atoms with Crippen molar-refractivity contribution in [3.05, 3.63) is 89.2 Å². The molecule has 0 unspecified atom stereocenters. The van der Waals surface area contributed by atoms with E-state index in [1.165, 1.54) is 11.3 Å². The van der Waals surface area contributed by atoms with E-state index in [1.807, 2.05) is 72.6 Å². The zero-order valence-corrected chi connectivity index (χ0v) is 19.7. The van der Waals surface area contributed by atoms with Crippen LogP contribution in [0.3, 0.4) is 0 Å². The minimum atomic E-state index is -0.0946. The van der Waals surface area contributed by atoms with E-state index in [1.54, 1.807) is 21.2 Å². The number of hydrogen-bond acceptors (Lipinski definition) is 5. The summed E-state index contributed by atoms with van der Waals surface area (Å²) >= 11 is 1.44. The molecule has 0 N–H and O–H groups in total. The van der Waals surface area contributed by atoms with Crippen LogP contribution in [0.15, 0.2) is 72.4 Å². The van der Waals surface area contributed by atoms with Crippen molar-refractivity contribution >= 4 is 23.2 Å². The van der Waals surface area contributed by atoms with Gasteiger partial charge in [-0.2, -0.15) is 5.10 Å². The van der Waals surface area contributed by atoms with Crippen molar-refractivity contribution < 1.29 is 9.59 Å². The smallest absolute Gasteiger partial charge is 0.273 e. The van der Waals surface area contributed by atoms with E-state index in [0.29, 0.717) is 37.4 Å². The number of rotatable bonds is 4. The molecule has 1 aliphatic heterocycles. The fourth-order valence-corrected chi connectivity index (χ4v) is 4.88. The fraction of sp³-hybridized carbons (Fsp3) is 0.231. The third kappa shape index (κ3) is 4.63. The number of hydrogen-bond donors (Lipinski definition) is 0. The number of aryl methyl sites for hydroxylation is 1. The first-order chi connectivity index (χ1) is 16.6. The summed E-state index contributed by atoms with van der Waals surface area (Å²) in [6, 6.07) is 17.5. The van der Waals surface area contributed by atoms with Crippen LogP contribution in [0.2, 0.25) is 0 Å². The normalized spacial score (nSPS) is 14.1. The minimum absolute atomic E-state index is 0.0179. The van der Waals surface area contributed by atoms with E-state index in [9.17, 15) is 9.59 Å². The van der Waals surface area contributed by atoms with Gasteiger partial charge in [0.1, 0.15) is 10.7 Å². The maximum Gasteiger partial charge on any atom is 0.273 e. The third-order valence-corrected chi connectivity index (χ3v) is 6.80. The molecule has 1 fully saturated rings. The molecule has 0 spiro atoms. The lowest BCUT2D eigenvalue weighted by atomic mass is 10.1. The molecule has 0 saturated carbocycles. The first-order valence-corrected chi connectivity index (χ1v) is 12.2. The van der Waals surface area contributed by atoms with Gasteiger partial charge in [-0.15, -0.1) is 11.3 Å². The maximum atomic E-state index is 13.2. The van der Waals surface area contributed by atoms with Crippen LogP contribution in [0.4, 0.5) is 0 Å². The minimum Gasteiger partial charge on any atom is -0.337 e. The Morgan fingerprint density at radius 3 is 2.44 bits per heavy atom. The first-order valence-electron chi connectivity index (χ1n) is 11.3. The van der Waals surface area contributed by atoms with Gasteiger partial charge in [-0.1, -0.05) is 35.9 Å². The predicted molar refractivity (Wildman–Crippen MR) is 132 cm³/mol. The van der Waals surface area contributed by atoms with Crippen molar-refractivity contribution in [1.82, 2.24) is 24.6 Å². The van der Waals surface area contributed by atoms with Crippen LogP contribution in [-0.4, -0.2) is 62.6 Å². The van der Waals surface area contributed by atoms with Crippen LogP contribution in [0.1, 0.15) is 32.8 Å². The first kappa shape index (κ1) is 22.0. The average Bonchev–Trinajstić information content (AvgIpc) is 3.49. The highest BCUT2D eigenvalue weighted by Crippen LogP contribution is 2.25. The summed E-state index contributed by atoms with van der Waals surface area (Å²) in [4.78, 5) is 34.3. The van der Waals surface area contributed by atoms with Gasteiger partial charge in [0, 0.05) is 48.9 Å². The van der Waals surface area contributed by atoms with Gasteiger partial charge < -0.3 is 9.80 Å². The largest absolute Gasteiger partial charge is 0.337 e. The van der Waals surface area contributed by atoms with Gasteiger partial charge >= 0.3 is 0 Å². The fourth-order valence-electron chi connectivity index (χ4n) is 4.11. The number of carbonyl (C=O) groups excluding carboxylic acids is 2. The topological polar surface area (TPSA) is 71.3 Å². The highest BCUT2D eigenvalue weighted by atomic mass is 32.1. The van der Waals surface area contributed by atoms with Crippen LogP contribution < -0.4 is 0 Å². The second kappa shape index (κ2) is 9.61. The lowest BCUT2D eigenvalue weighted by molar-refractivity contribution is 0.0716. The zero-order chi connectivity index (χ0) is 23.5. The summed E-state index contributed by atoms with van der Waals surface area (Å²) < 4.78 is 1.80. The van der Waals surface area contributed by atoms with Crippen molar-refractivity contribution in [3.8, 4) is 16.3 Å². The lowest BCUT2D eigenvalue weighted by Crippen LogP contribution is -2.37. The molecule has 2 amide bonds. The number of thiazole rings is 1. The van der Waals surface area contributed by atoms with E-state index in [4.69, 9.17) is 0 Å². The molecule has 172 valence electrons. The Balaban J connectivity index is 1.25. The van der Waals surface area contributed by atoms with Crippen molar-refractivity contribution in [2.24, 2.45) is 0 Å². The van der Waals surface area contributed by atoms with Gasteiger partial charge in [0.25, 0.3) is 11.8 Å². The lowest BCUT2D eigenvalue weighted by Gasteiger charge is -2.22. The van der Waals surface area contributed by atoms with E-state index < -0.39 is 0 Å². The van der Waals surface area contributed by atoms with Crippen LogP contribution in [0, 0.1) is 6.92 Å². The molecule has 2 aromatic heterocycles. The zero-order valence-electron chi connectivity index (χ0n) is 18.9. The van der Waals surface area contributed by atoms with Gasteiger partial charge in [0.2, 0.25) is 0 Å². The molecule has 4 aromatic rings. The van der Waals surface area contributed by atoms with Crippen molar-refractivity contribution in [3.63, 3.8) is 0 Å². The van der Waals surface area contributed by atoms with E-state index in [2.05, 4.69) is 10.1 Å². The Morgan fingerprint density at radius 2 is 1.68 bits per heavy atom. The summed E-state index contributed by atoms with van der Waals surface area (Å²) in [5, 5.41) is 6.99. The molecular weight excluding hydrogens is 446 g/mol. The standard InChI is InChI=1S/C26H25N5O2S/c1-19-7-5-8-20(15-19)25(32)29-11-6-12-30(14-13-29)26(33)23-18-34-24(28-23)21-16-27-31(17-21)22-9-3-2-4-10-22/h2-5,7-10,15-18H,6,11-14H2,1H3. The van der Waals surface area contributed by atoms with E-state index >= 15 is 0 Å². The molecule has 1 saturated heterocycles. The molecule has 0 aliphatic carbocycles. The van der Waals surface area contributed by atoms with E-state index in [-0.39, 0.29) is 11.8 Å². The second-order valence-electron chi connectivity index (χ2n) is 8.35. The molecule has 2 aromatic carbocycles. The van der Waals surface area contributed by atoms with Gasteiger partial charge in [-0.25, -0.2) is 9.67 Å². The number of benzene rings is 2. The quantitative estimate of drug-likeness (QED) is 0.445. The number of nitrogens with zero attached hydrogens (tertiary/aromatic N) is 5. The van der Waals surface area contributed by atoms with E-state index in [0.717, 1.165) is 28.2 Å². The molecular formula is C26H25N5O2S. The molecule has 5 rings (SSSR count). The highest BCUT2D eigenvalue weighted by Gasteiger charge is 2.25. The number of aromatic nitrogens is 3. The highest BCUT2D eigenvalue weighted by molar-refractivity contribution is 7.13.